The summed E-state index contributed by atoms with van der Waals surface area (Å²) in [6, 6.07) is 15.5. The summed E-state index contributed by atoms with van der Waals surface area (Å²) in [5.41, 5.74) is 0.796. The van der Waals surface area contributed by atoms with Crippen LogP contribution < -0.4 is 19.6 Å². The zero-order valence-corrected chi connectivity index (χ0v) is 16.5. The Balaban J connectivity index is 1.47. The number of para-hydroxylation sites is 2. The van der Waals surface area contributed by atoms with Gasteiger partial charge in [0, 0.05) is 4.90 Å². The molecule has 2 aromatic carbocycles. The summed E-state index contributed by atoms with van der Waals surface area (Å²) in [6.45, 7) is 0.309. The van der Waals surface area contributed by atoms with E-state index in [2.05, 4.69) is 10.1 Å². The molecule has 140 valence electrons. The Morgan fingerprint density at radius 1 is 1.18 bits per heavy atom. The fourth-order valence-corrected chi connectivity index (χ4v) is 4.31. The Bertz CT molecular complexity index is 1260. The maximum Gasteiger partial charge on any atom is 0.291 e. The van der Waals surface area contributed by atoms with E-state index in [1.54, 1.807) is 11.8 Å². The second kappa shape index (κ2) is 6.96. The van der Waals surface area contributed by atoms with Crippen molar-refractivity contribution in [3.8, 4) is 11.5 Å². The van der Waals surface area contributed by atoms with E-state index < -0.39 is 6.10 Å². The standard InChI is InChI=1S/C20H15N3O3S2/c1-27-13-8-6-12(7-9-13)10-17-19(24)23-20(28-17)21-18(22-23)16-11-25-14-4-2-3-5-15(14)26-16/h2-10,16H,11H2,1H3/b17-10+. The zero-order chi connectivity index (χ0) is 19.1. The third-order valence-corrected chi connectivity index (χ3v) is 6.11. The minimum Gasteiger partial charge on any atom is -0.485 e. The van der Waals surface area contributed by atoms with Crippen molar-refractivity contribution >= 4 is 34.1 Å². The normalized spacial score (nSPS) is 16.6. The lowest BCUT2D eigenvalue weighted by molar-refractivity contribution is 0.0852. The molecule has 8 heteroatoms. The van der Waals surface area contributed by atoms with Gasteiger partial charge >= 0.3 is 0 Å². The van der Waals surface area contributed by atoms with Crippen LogP contribution in [0.3, 0.4) is 0 Å². The maximum absolute atomic E-state index is 12.7. The third-order valence-electron chi connectivity index (χ3n) is 4.41. The average molecular weight is 409 g/mol. The Hall–Kier alpha value is -2.84. The van der Waals surface area contributed by atoms with Crippen LogP contribution in [0.5, 0.6) is 11.5 Å². The number of thiazole rings is 1. The fraction of sp³-hybridized carbons (Fsp3) is 0.150. The number of fused-ring (bicyclic) bond motifs is 2. The number of rotatable bonds is 3. The number of thioether (sulfide) groups is 1. The molecule has 6 nitrogen and oxygen atoms in total. The van der Waals surface area contributed by atoms with Crippen molar-refractivity contribution in [1.29, 1.82) is 0 Å². The Labute approximate surface area is 168 Å². The van der Waals surface area contributed by atoms with Crippen LogP contribution in [-0.4, -0.2) is 27.5 Å². The van der Waals surface area contributed by atoms with Crippen molar-refractivity contribution in [1.82, 2.24) is 14.6 Å². The van der Waals surface area contributed by atoms with E-state index in [4.69, 9.17) is 9.47 Å². The molecule has 4 aromatic rings. The number of hydrogen-bond acceptors (Lipinski definition) is 7. The van der Waals surface area contributed by atoms with Gasteiger partial charge in [0.2, 0.25) is 4.96 Å². The summed E-state index contributed by atoms with van der Waals surface area (Å²) in [5, 5.41) is 4.37. The molecule has 1 atom stereocenters. The topological polar surface area (TPSA) is 65.7 Å². The predicted molar refractivity (Wildman–Crippen MR) is 109 cm³/mol. The van der Waals surface area contributed by atoms with E-state index in [0.29, 0.717) is 33.4 Å². The van der Waals surface area contributed by atoms with Gasteiger partial charge in [-0.1, -0.05) is 35.6 Å². The molecule has 2 aromatic heterocycles. The Morgan fingerprint density at radius 3 is 2.71 bits per heavy atom. The smallest absolute Gasteiger partial charge is 0.291 e. The zero-order valence-electron chi connectivity index (χ0n) is 14.9. The van der Waals surface area contributed by atoms with E-state index >= 15 is 0 Å². The van der Waals surface area contributed by atoms with E-state index in [-0.39, 0.29) is 5.56 Å². The van der Waals surface area contributed by atoms with Crippen LogP contribution in [-0.2, 0) is 0 Å². The van der Waals surface area contributed by atoms with Gasteiger partial charge in [0.15, 0.2) is 23.4 Å². The van der Waals surface area contributed by atoms with Gasteiger partial charge in [-0.05, 0) is 42.2 Å². The first-order valence-electron chi connectivity index (χ1n) is 8.65. The number of benzene rings is 2. The van der Waals surface area contributed by atoms with E-state index in [1.165, 1.54) is 20.7 Å². The van der Waals surface area contributed by atoms with Crippen LogP contribution in [0.1, 0.15) is 17.5 Å². The van der Waals surface area contributed by atoms with Crippen LogP contribution in [0.25, 0.3) is 11.0 Å². The van der Waals surface area contributed by atoms with Gasteiger partial charge in [0.05, 0.1) is 4.53 Å². The number of aromatic nitrogens is 3. The van der Waals surface area contributed by atoms with Crippen LogP contribution >= 0.6 is 23.1 Å². The van der Waals surface area contributed by atoms with Crippen molar-refractivity contribution in [3.05, 3.63) is 74.8 Å². The highest BCUT2D eigenvalue weighted by atomic mass is 32.2. The first-order valence-corrected chi connectivity index (χ1v) is 10.7. The molecule has 3 heterocycles. The minimum atomic E-state index is -0.437. The lowest BCUT2D eigenvalue weighted by Gasteiger charge is -2.24. The summed E-state index contributed by atoms with van der Waals surface area (Å²) >= 11 is 3.00. The largest absolute Gasteiger partial charge is 0.485 e. The second-order valence-corrected chi connectivity index (χ2v) is 8.11. The molecule has 0 amide bonds. The first kappa shape index (κ1) is 17.3. The molecular weight excluding hydrogens is 394 g/mol. The van der Waals surface area contributed by atoms with Gasteiger partial charge in [-0.3, -0.25) is 4.79 Å². The number of ether oxygens (including phenoxy) is 2. The summed E-state index contributed by atoms with van der Waals surface area (Å²) in [4.78, 5) is 18.9. The summed E-state index contributed by atoms with van der Waals surface area (Å²) < 4.78 is 13.6. The molecule has 0 aliphatic carbocycles. The molecule has 1 aliphatic rings. The molecule has 1 unspecified atom stereocenters. The summed E-state index contributed by atoms with van der Waals surface area (Å²) in [5.74, 6) is 1.81. The van der Waals surface area contributed by atoms with Gasteiger partial charge in [-0.2, -0.15) is 9.50 Å². The average Bonchev–Trinajstić information content (AvgIpc) is 3.28. The predicted octanol–water partition coefficient (Wildman–Crippen LogP) is 2.93. The first-order chi connectivity index (χ1) is 13.7. The molecule has 0 radical (unpaired) electrons. The van der Waals surface area contributed by atoms with Crippen LogP contribution in [0.4, 0.5) is 0 Å². The van der Waals surface area contributed by atoms with Crippen LogP contribution in [0.2, 0.25) is 0 Å². The van der Waals surface area contributed by atoms with Crippen LogP contribution in [0, 0.1) is 0 Å². The lowest BCUT2D eigenvalue weighted by atomic mass is 10.2. The molecule has 0 N–H and O–H groups in total. The van der Waals surface area contributed by atoms with Crippen molar-refractivity contribution < 1.29 is 9.47 Å². The SMILES string of the molecule is CSc1ccc(/C=c2/sc3nc(C4COc5ccccc5O4)nn3c2=O)cc1. The Kier molecular flexibility index (Phi) is 4.29. The Morgan fingerprint density at radius 2 is 1.96 bits per heavy atom. The van der Waals surface area contributed by atoms with E-state index in [0.717, 1.165) is 5.56 Å². The molecular formula is C20H15N3O3S2. The van der Waals surface area contributed by atoms with Gasteiger partial charge < -0.3 is 9.47 Å². The van der Waals surface area contributed by atoms with Crippen LogP contribution in [0.15, 0.2) is 58.2 Å². The lowest BCUT2D eigenvalue weighted by Crippen LogP contribution is -2.26. The molecule has 28 heavy (non-hydrogen) atoms. The molecule has 0 fully saturated rings. The quantitative estimate of drug-likeness (QED) is 0.485. The highest BCUT2D eigenvalue weighted by Gasteiger charge is 2.26. The molecule has 0 spiro atoms. The van der Waals surface area contributed by atoms with E-state index in [9.17, 15) is 4.79 Å². The molecule has 0 saturated heterocycles. The summed E-state index contributed by atoms with van der Waals surface area (Å²) in [7, 11) is 0. The molecule has 0 saturated carbocycles. The van der Waals surface area contributed by atoms with E-state index in [1.807, 2.05) is 60.9 Å². The monoisotopic (exact) mass is 409 g/mol. The summed E-state index contributed by atoms with van der Waals surface area (Å²) in [6.07, 6.45) is 3.46. The minimum absolute atomic E-state index is 0.176. The third kappa shape index (κ3) is 3.04. The highest BCUT2D eigenvalue weighted by molar-refractivity contribution is 7.98. The van der Waals surface area contributed by atoms with Gasteiger partial charge in [0.1, 0.15) is 6.61 Å². The van der Waals surface area contributed by atoms with Gasteiger partial charge in [-0.25, -0.2) is 0 Å². The molecule has 1 aliphatic heterocycles. The van der Waals surface area contributed by atoms with Crippen molar-refractivity contribution in [2.24, 2.45) is 0 Å². The van der Waals surface area contributed by atoms with Gasteiger partial charge in [-0.15, -0.1) is 16.9 Å². The second-order valence-electron chi connectivity index (χ2n) is 6.22. The van der Waals surface area contributed by atoms with Crippen molar-refractivity contribution in [2.45, 2.75) is 11.0 Å². The number of hydrogen-bond donors (Lipinski definition) is 0. The van der Waals surface area contributed by atoms with Crippen molar-refractivity contribution in [2.75, 3.05) is 12.9 Å². The number of nitrogens with zero attached hydrogens (tertiary/aromatic N) is 3. The molecule has 5 rings (SSSR count). The molecule has 0 bridgehead atoms. The van der Waals surface area contributed by atoms with Gasteiger partial charge in [0.25, 0.3) is 5.56 Å². The highest BCUT2D eigenvalue weighted by Crippen LogP contribution is 2.35. The fourth-order valence-electron chi connectivity index (χ4n) is 2.98. The van der Waals surface area contributed by atoms with Crippen molar-refractivity contribution in [3.63, 3.8) is 0 Å². The maximum atomic E-state index is 12.7.